The summed E-state index contributed by atoms with van der Waals surface area (Å²) >= 11 is 0. The predicted molar refractivity (Wildman–Crippen MR) is 41.3 cm³/mol. The Labute approximate surface area is 59.7 Å². The first-order valence-corrected chi connectivity index (χ1v) is 2.97. The van der Waals surface area contributed by atoms with Crippen LogP contribution in [0.5, 0.6) is 0 Å². The quantitative estimate of drug-likeness (QED) is 0.600. The summed E-state index contributed by atoms with van der Waals surface area (Å²) in [5, 5.41) is 3.32. The number of rotatable bonds is 2. The minimum atomic E-state index is 0.664. The van der Waals surface area contributed by atoms with Crippen molar-refractivity contribution in [1.29, 1.82) is 5.53 Å². The fraction of sp³-hybridized carbons (Fsp3) is 0. The Bertz CT molecular complexity index is 226. The minimum Gasteiger partial charge on any atom is -0.204 e. The van der Waals surface area contributed by atoms with E-state index in [9.17, 15) is 0 Å². The lowest BCUT2D eigenvalue weighted by Gasteiger charge is -1.94. The lowest BCUT2D eigenvalue weighted by atomic mass is 10.2. The highest BCUT2D eigenvalue weighted by molar-refractivity contribution is 5.61. The SMILES string of the molecule is C=Cc1ccccc1N=N. The van der Waals surface area contributed by atoms with Gasteiger partial charge in [-0.1, -0.05) is 30.9 Å². The standard InChI is InChI=1S/C8H8N2/c1-2-7-5-3-4-6-8(7)10-9/h2-6,9H,1H2. The van der Waals surface area contributed by atoms with Crippen molar-refractivity contribution in [3.05, 3.63) is 36.4 Å². The van der Waals surface area contributed by atoms with Gasteiger partial charge in [0.15, 0.2) is 0 Å². The fourth-order valence-corrected chi connectivity index (χ4v) is 0.762. The van der Waals surface area contributed by atoms with E-state index in [1.807, 2.05) is 18.2 Å². The van der Waals surface area contributed by atoms with Crippen LogP contribution in [0.15, 0.2) is 36.0 Å². The molecule has 0 aromatic heterocycles. The molecule has 2 nitrogen and oxygen atoms in total. The third-order valence-corrected chi connectivity index (χ3v) is 1.28. The van der Waals surface area contributed by atoms with Crippen LogP contribution in [0.4, 0.5) is 5.69 Å². The zero-order valence-electron chi connectivity index (χ0n) is 5.54. The van der Waals surface area contributed by atoms with E-state index in [4.69, 9.17) is 5.53 Å². The maximum Gasteiger partial charge on any atom is 0.0922 e. The van der Waals surface area contributed by atoms with E-state index >= 15 is 0 Å². The van der Waals surface area contributed by atoms with Gasteiger partial charge in [-0.25, -0.2) is 5.53 Å². The molecule has 0 heterocycles. The predicted octanol–water partition coefficient (Wildman–Crippen LogP) is 2.99. The summed E-state index contributed by atoms with van der Waals surface area (Å²) in [6.45, 7) is 3.60. The summed E-state index contributed by atoms with van der Waals surface area (Å²) < 4.78 is 0. The van der Waals surface area contributed by atoms with Gasteiger partial charge >= 0.3 is 0 Å². The summed E-state index contributed by atoms with van der Waals surface area (Å²) in [6, 6.07) is 7.40. The van der Waals surface area contributed by atoms with Gasteiger partial charge in [-0.3, -0.25) is 0 Å². The summed E-state index contributed by atoms with van der Waals surface area (Å²) in [6.07, 6.45) is 1.69. The van der Waals surface area contributed by atoms with Gasteiger partial charge in [0.2, 0.25) is 0 Å². The van der Waals surface area contributed by atoms with Gasteiger partial charge in [-0.05, 0) is 6.07 Å². The molecule has 1 aromatic carbocycles. The molecule has 0 saturated heterocycles. The van der Waals surface area contributed by atoms with Crippen molar-refractivity contribution >= 4 is 11.8 Å². The molecule has 0 aliphatic heterocycles. The first-order chi connectivity index (χ1) is 4.88. The Hall–Kier alpha value is -1.44. The number of hydrogen-bond acceptors (Lipinski definition) is 2. The zero-order chi connectivity index (χ0) is 7.40. The van der Waals surface area contributed by atoms with E-state index in [0.29, 0.717) is 5.69 Å². The van der Waals surface area contributed by atoms with Crippen LogP contribution in [0.3, 0.4) is 0 Å². The number of benzene rings is 1. The van der Waals surface area contributed by atoms with Crippen molar-refractivity contribution in [2.45, 2.75) is 0 Å². The van der Waals surface area contributed by atoms with Crippen molar-refractivity contribution in [2.75, 3.05) is 0 Å². The lowest BCUT2D eigenvalue weighted by Crippen LogP contribution is -1.69. The first kappa shape index (κ1) is 6.68. The van der Waals surface area contributed by atoms with Crippen molar-refractivity contribution < 1.29 is 0 Å². The Morgan fingerprint density at radius 2 is 2.10 bits per heavy atom. The molecule has 0 fully saturated rings. The first-order valence-electron chi connectivity index (χ1n) is 2.97. The number of para-hydroxylation sites is 1. The fourth-order valence-electron chi connectivity index (χ4n) is 0.762. The highest BCUT2D eigenvalue weighted by Gasteiger charge is 1.92. The molecule has 0 atom stereocenters. The normalized spacial score (nSPS) is 8.80. The maximum atomic E-state index is 6.77. The second kappa shape index (κ2) is 2.92. The highest BCUT2D eigenvalue weighted by Crippen LogP contribution is 2.18. The summed E-state index contributed by atoms with van der Waals surface area (Å²) in [4.78, 5) is 0. The Morgan fingerprint density at radius 1 is 1.40 bits per heavy atom. The molecule has 0 amide bonds. The largest absolute Gasteiger partial charge is 0.204 e. The van der Waals surface area contributed by atoms with Crippen molar-refractivity contribution in [3.63, 3.8) is 0 Å². The van der Waals surface area contributed by atoms with Crippen LogP contribution in [0.1, 0.15) is 5.56 Å². The molecule has 2 heteroatoms. The van der Waals surface area contributed by atoms with Crippen LogP contribution < -0.4 is 0 Å². The molecule has 0 spiro atoms. The molecular formula is C8H8N2. The molecule has 1 rings (SSSR count). The van der Waals surface area contributed by atoms with Gasteiger partial charge in [-0.2, -0.15) is 5.11 Å². The van der Waals surface area contributed by atoms with E-state index < -0.39 is 0 Å². The van der Waals surface area contributed by atoms with Crippen LogP contribution in [0, 0.1) is 5.53 Å². The van der Waals surface area contributed by atoms with Crippen molar-refractivity contribution in [3.8, 4) is 0 Å². The second-order valence-corrected chi connectivity index (χ2v) is 1.87. The molecule has 10 heavy (non-hydrogen) atoms. The topological polar surface area (TPSA) is 36.2 Å². The lowest BCUT2D eigenvalue weighted by molar-refractivity contribution is 1.14. The molecule has 0 saturated carbocycles. The van der Waals surface area contributed by atoms with Gasteiger partial charge in [0.25, 0.3) is 0 Å². The molecule has 0 aliphatic rings. The van der Waals surface area contributed by atoms with Crippen molar-refractivity contribution in [2.24, 2.45) is 5.11 Å². The Morgan fingerprint density at radius 3 is 2.60 bits per heavy atom. The van der Waals surface area contributed by atoms with E-state index in [1.54, 1.807) is 12.1 Å². The summed E-state index contributed by atoms with van der Waals surface area (Å²) in [5.74, 6) is 0. The van der Waals surface area contributed by atoms with E-state index in [0.717, 1.165) is 5.56 Å². The molecule has 0 aliphatic carbocycles. The maximum absolute atomic E-state index is 6.77. The van der Waals surface area contributed by atoms with E-state index in [-0.39, 0.29) is 0 Å². The van der Waals surface area contributed by atoms with Crippen LogP contribution in [0.2, 0.25) is 0 Å². The monoisotopic (exact) mass is 132 g/mol. The molecule has 1 N–H and O–H groups in total. The van der Waals surface area contributed by atoms with E-state index in [1.165, 1.54) is 0 Å². The highest BCUT2D eigenvalue weighted by atomic mass is 15.0. The van der Waals surface area contributed by atoms with Gasteiger partial charge in [0.05, 0.1) is 5.69 Å². The summed E-state index contributed by atoms with van der Waals surface area (Å²) in [5.41, 5.74) is 8.33. The van der Waals surface area contributed by atoms with Crippen LogP contribution in [-0.2, 0) is 0 Å². The smallest absolute Gasteiger partial charge is 0.0922 e. The van der Waals surface area contributed by atoms with Gasteiger partial charge in [-0.15, -0.1) is 0 Å². The Balaban J connectivity index is 3.20. The third kappa shape index (κ3) is 1.10. The molecular weight excluding hydrogens is 124 g/mol. The molecule has 0 bridgehead atoms. The molecule has 0 unspecified atom stereocenters. The number of nitrogens with zero attached hydrogens (tertiary/aromatic N) is 1. The van der Waals surface area contributed by atoms with Gasteiger partial charge in [0, 0.05) is 5.56 Å². The molecule has 0 radical (unpaired) electrons. The van der Waals surface area contributed by atoms with Gasteiger partial charge < -0.3 is 0 Å². The summed E-state index contributed by atoms with van der Waals surface area (Å²) in [7, 11) is 0. The van der Waals surface area contributed by atoms with Crippen molar-refractivity contribution in [1.82, 2.24) is 0 Å². The second-order valence-electron chi connectivity index (χ2n) is 1.87. The minimum absolute atomic E-state index is 0.664. The molecule has 50 valence electrons. The number of nitrogens with one attached hydrogen (secondary N) is 1. The van der Waals surface area contributed by atoms with Crippen LogP contribution in [-0.4, -0.2) is 0 Å². The third-order valence-electron chi connectivity index (χ3n) is 1.28. The average Bonchev–Trinajstić information content (AvgIpc) is 2.04. The zero-order valence-corrected chi connectivity index (χ0v) is 5.54. The Kier molecular flexibility index (Phi) is 1.95. The van der Waals surface area contributed by atoms with Gasteiger partial charge in [0.1, 0.15) is 0 Å². The molecule has 1 aromatic rings. The van der Waals surface area contributed by atoms with E-state index in [2.05, 4.69) is 11.7 Å². The van der Waals surface area contributed by atoms with Crippen LogP contribution in [0.25, 0.3) is 6.08 Å². The van der Waals surface area contributed by atoms with Crippen LogP contribution >= 0.6 is 0 Å². The number of hydrogen-bond donors (Lipinski definition) is 1. The average molecular weight is 132 g/mol.